The minimum Gasteiger partial charge on any atom is -0.497 e. The monoisotopic (exact) mass is 390 g/mol. The van der Waals surface area contributed by atoms with E-state index in [4.69, 9.17) is 4.74 Å². The largest absolute Gasteiger partial charge is 0.497 e. The van der Waals surface area contributed by atoms with Crippen LogP contribution >= 0.6 is 0 Å². The van der Waals surface area contributed by atoms with Gasteiger partial charge in [0.2, 0.25) is 5.91 Å². The number of carbonyl (C=O) groups is 1. The molecule has 1 aromatic heterocycles. The molecule has 0 spiro atoms. The lowest BCUT2D eigenvalue weighted by Crippen LogP contribution is -2.31. The Hall–Kier alpha value is -3.41. The van der Waals surface area contributed by atoms with Crippen molar-refractivity contribution in [2.24, 2.45) is 0 Å². The molecule has 0 saturated heterocycles. The molecular formula is C23H26N4O2. The Labute approximate surface area is 171 Å². The van der Waals surface area contributed by atoms with Crippen LogP contribution in [0.25, 0.3) is 0 Å². The number of rotatable bonds is 8. The van der Waals surface area contributed by atoms with Crippen molar-refractivity contribution in [1.29, 1.82) is 0 Å². The first kappa shape index (κ1) is 20.3. The fourth-order valence-electron chi connectivity index (χ4n) is 2.97. The van der Waals surface area contributed by atoms with E-state index in [1.54, 1.807) is 13.2 Å². The molecule has 0 aliphatic heterocycles. The Morgan fingerprint density at radius 1 is 0.966 bits per heavy atom. The number of hydrogen-bond donors (Lipinski definition) is 1. The maximum Gasteiger partial charge on any atom is 0.229 e. The molecule has 29 heavy (non-hydrogen) atoms. The SMILES string of the molecule is COc1ccc(CC(=O)Nc2ccc(N(Cc3ccccc3)C(C)C)nn2)cc1. The normalized spacial score (nSPS) is 10.6. The highest BCUT2D eigenvalue weighted by Gasteiger charge is 2.14. The molecule has 0 unspecified atom stereocenters. The molecule has 1 amide bonds. The fraction of sp³-hybridized carbons (Fsp3) is 0.261. The van der Waals surface area contributed by atoms with E-state index < -0.39 is 0 Å². The number of amides is 1. The van der Waals surface area contributed by atoms with E-state index >= 15 is 0 Å². The summed E-state index contributed by atoms with van der Waals surface area (Å²) < 4.78 is 5.13. The Morgan fingerprint density at radius 3 is 2.28 bits per heavy atom. The van der Waals surface area contributed by atoms with Crippen LogP contribution in [0.4, 0.5) is 11.6 Å². The number of aromatic nitrogens is 2. The van der Waals surface area contributed by atoms with E-state index in [-0.39, 0.29) is 18.4 Å². The van der Waals surface area contributed by atoms with Crippen LogP contribution < -0.4 is 15.0 Å². The van der Waals surface area contributed by atoms with Crippen LogP contribution in [0.1, 0.15) is 25.0 Å². The third kappa shape index (κ3) is 5.78. The number of nitrogens with one attached hydrogen (secondary N) is 1. The van der Waals surface area contributed by atoms with Crippen LogP contribution in [-0.4, -0.2) is 29.3 Å². The highest BCUT2D eigenvalue weighted by Crippen LogP contribution is 2.18. The summed E-state index contributed by atoms with van der Waals surface area (Å²) >= 11 is 0. The van der Waals surface area contributed by atoms with Crippen LogP contribution in [0.2, 0.25) is 0 Å². The molecule has 3 rings (SSSR count). The molecule has 6 heteroatoms. The number of hydrogen-bond acceptors (Lipinski definition) is 5. The van der Waals surface area contributed by atoms with Crippen LogP contribution in [0.3, 0.4) is 0 Å². The van der Waals surface area contributed by atoms with Gasteiger partial charge in [-0.2, -0.15) is 0 Å². The Morgan fingerprint density at radius 2 is 1.69 bits per heavy atom. The summed E-state index contributed by atoms with van der Waals surface area (Å²) in [4.78, 5) is 14.5. The fourth-order valence-corrected chi connectivity index (χ4v) is 2.97. The lowest BCUT2D eigenvalue weighted by molar-refractivity contribution is -0.115. The lowest BCUT2D eigenvalue weighted by atomic mass is 10.1. The number of anilines is 2. The molecule has 0 fully saturated rings. The molecule has 1 heterocycles. The molecule has 0 radical (unpaired) electrons. The van der Waals surface area contributed by atoms with Gasteiger partial charge in [-0.05, 0) is 49.2 Å². The molecule has 3 aromatic rings. The second-order valence-corrected chi connectivity index (χ2v) is 7.06. The first-order chi connectivity index (χ1) is 14.0. The quantitative estimate of drug-likeness (QED) is 0.628. The number of carbonyl (C=O) groups excluding carboxylic acids is 1. The van der Waals surface area contributed by atoms with Gasteiger partial charge in [0.25, 0.3) is 0 Å². The Bertz CT molecular complexity index is 910. The summed E-state index contributed by atoms with van der Waals surface area (Å²) in [5.41, 5.74) is 2.11. The summed E-state index contributed by atoms with van der Waals surface area (Å²) in [6.07, 6.45) is 0.263. The van der Waals surface area contributed by atoms with Gasteiger partial charge in [-0.25, -0.2) is 0 Å². The number of benzene rings is 2. The third-order valence-electron chi connectivity index (χ3n) is 4.56. The molecular weight excluding hydrogens is 364 g/mol. The summed E-state index contributed by atoms with van der Waals surface area (Å²) in [7, 11) is 1.62. The van der Waals surface area contributed by atoms with Gasteiger partial charge in [-0.1, -0.05) is 42.5 Å². The topological polar surface area (TPSA) is 67.3 Å². The standard InChI is InChI=1S/C23H26N4O2/c1-17(2)27(16-19-7-5-4-6-8-19)22-14-13-21(25-26-22)24-23(28)15-18-9-11-20(29-3)12-10-18/h4-14,17H,15-16H2,1-3H3,(H,24,25,28). The average molecular weight is 390 g/mol. The van der Waals surface area contributed by atoms with Gasteiger partial charge in [0, 0.05) is 12.6 Å². The zero-order valence-electron chi connectivity index (χ0n) is 17.0. The Kier molecular flexibility index (Phi) is 6.79. The van der Waals surface area contributed by atoms with Crippen molar-refractivity contribution in [3.05, 3.63) is 77.9 Å². The van der Waals surface area contributed by atoms with E-state index in [2.05, 4.69) is 46.4 Å². The summed E-state index contributed by atoms with van der Waals surface area (Å²) in [5, 5.41) is 11.3. The summed E-state index contributed by atoms with van der Waals surface area (Å²) in [6.45, 7) is 4.99. The van der Waals surface area contributed by atoms with Crippen molar-refractivity contribution >= 4 is 17.5 Å². The first-order valence-electron chi connectivity index (χ1n) is 9.62. The molecule has 1 N–H and O–H groups in total. The molecule has 0 bridgehead atoms. The zero-order valence-corrected chi connectivity index (χ0v) is 17.0. The van der Waals surface area contributed by atoms with Crippen LogP contribution in [0.15, 0.2) is 66.7 Å². The van der Waals surface area contributed by atoms with E-state index in [9.17, 15) is 4.79 Å². The smallest absolute Gasteiger partial charge is 0.229 e. The van der Waals surface area contributed by atoms with Gasteiger partial charge in [-0.3, -0.25) is 4.79 Å². The maximum absolute atomic E-state index is 12.3. The maximum atomic E-state index is 12.3. The second-order valence-electron chi connectivity index (χ2n) is 7.06. The molecule has 2 aromatic carbocycles. The highest BCUT2D eigenvalue weighted by molar-refractivity contribution is 5.91. The molecule has 0 aliphatic rings. The molecule has 0 aliphatic carbocycles. The van der Waals surface area contributed by atoms with Gasteiger partial charge in [0.15, 0.2) is 11.6 Å². The van der Waals surface area contributed by atoms with Crippen molar-refractivity contribution in [3.63, 3.8) is 0 Å². The predicted molar refractivity (Wildman–Crippen MR) is 115 cm³/mol. The number of methoxy groups -OCH3 is 1. The van der Waals surface area contributed by atoms with Crippen molar-refractivity contribution in [2.45, 2.75) is 32.9 Å². The van der Waals surface area contributed by atoms with Crippen LogP contribution in [0.5, 0.6) is 5.75 Å². The van der Waals surface area contributed by atoms with Crippen molar-refractivity contribution in [3.8, 4) is 5.75 Å². The van der Waals surface area contributed by atoms with Crippen LogP contribution in [0, 0.1) is 0 Å². The van der Waals surface area contributed by atoms with Gasteiger partial charge < -0.3 is 15.0 Å². The van der Waals surface area contributed by atoms with Crippen molar-refractivity contribution < 1.29 is 9.53 Å². The molecule has 6 nitrogen and oxygen atoms in total. The molecule has 0 saturated carbocycles. The second kappa shape index (κ2) is 9.68. The van der Waals surface area contributed by atoms with Gasteiger partial charge in [0.05, 0.1) is 13.5 Å². The summed E-state index contributed by atoms with van der Waals surface area (Å²) in [6, 6.07) is 21.6. The van der Waals surface area contributed by atoms with E-state index in [0.29, 0.717) is 5.82 Å². The average Bonchev–Trinajstić information content (AvgIpc) is 2.74. The minimum atomic E-state index is -0.137. The third-order valence-corrected chi connectivity index (χ3v) is 4.56. The highest BCUT2D eigenvalue weighted by atomic mass is 16.5. The van der Waals surface area contributed by atoms with E-state index in [1.165, 1.54) is 5.56 Å². The Balaban J connectivity index is 1.62. The van der Waals surface area contributed by atoms with Gasteiger partial charge >= 0.3 is 0 Å². The lowest BCUT2D eigenvalue weighted by Gasteiger charge is -2.27. The predicted octanol–water partition coefficient (Wildman–Crippen LogP) is 4.08. The van der Waals surface area contributed by atoms with Crippen molar-refractivity contribution in [2.75, 3.05) is 17.3 Å². The van der Waals surface area contributed by atoms with Crippen LogP contribution in [-0.2, 0) is 17.8 Å². The zero-order chi connectivity index (χ0) is 20.6. The van der Waals surface area contributed by atoms with E-state index in [1.807, 2.05) is 48.5 Å². The molecule has 0 atom stereocenters. The first-order valence-corrected chi connectivity index (χ1v) is 9.62. The van der Waals surface area contributed by atoms with E-state index in [0.717, 1.165) is 23.7 Å². The summed E-state index contributed by atoms with van der Waals surface area (Å²) in [5.74, 6) is 1.84. The number of ether oxygens (including phenoxy) is 1. The van der Waals surface area contributed by atoms with Gasteiger partial charge in [0.1, 0.15) is 5.75 Å². The molecule has 150 valence electrons. The minimum absolute atomic E-state index is 0.137. The van der Waals surface area contributed by atoms with Gasteiger partial charge in [-0.15, -0.1) is 10.2 Å². The number of nitrogens with zero attached hydrogens (tertiary/aromatic N) is 3. The van der Waals surface area contributed by atoms with Crippen molar-refractivity contribution in [1.82, 2.24) is 10.2 Å².